The predicted octanol–water partition coefficient (Wildman–Crippen LogP) is 3.33. The van der Waals surface area contributed by atoms with Crippen LogP contribution in [0.5, 0.6) is 0 Å². The highest BCUT2D eigenvalue weighted by atomic mass is 32.2. The molecule has 2 aromatic rings. The normalized spacial score (nSPS) is 27.6. The van der Waals surface area contributed by atoms with E-state index < -0.39 is 17.4 Å². The molecule has 6 nitrogen and oxygen atoms in total. The molecule has 0 aromatic heterocycles. The molecule has 0 radical (unpaired) electrons. The molecule has 3 aliphatic heterocycles. The second-order valence-electron chi connectivity index (χ2n) is 9.46. The van der Waals surface area contributed by atoms with Crippen LogP contribution in [0.15, 0.2) is 66.7 Å². The molecule has 2 fully saturated rings. The molecule has 3 amide bonds. The second-order valence-corrected chi connectivity index (χ2v) is 10.4. The Morgan fingerprint density at radius 3 is 2.44 bits per heavy atom. The number of thioether (sulfide) groups is 1. The van der Waals surface area contributed by atoms with Gasteiger partial charge in [0.1, 0.15) is 5.54 Å². The Labute approximate surface area is 204 Å². The number of para-hydroxylation sites is 1. The molecule has 4 atom stereocenters. The minimum atomic E-state index is -1.24. The lowest BCUT2D eigenvalue weighted by Crippen LogP contribution is -2.55. The lowest BCUT2D eigenvalue weighted by molar-refractivity contribution is -0.143. The van der Waals surface area contributed by atoms with E-state index in [2.05, 4.69) is 11.9 Å². The summed E-state index contributed by atoms with van der Waals surface area (Å²) in [5.41, 5.74) is 2.08. The van der Waals surface area contributed by atoms with Gasteiger partial charge in [-0.25, -0.2) is 0 Å². The van der Waals surface area contributed by atoms with E-state index in [1.165, 1.54) is 4.90 Å². The fourth-order valence-electron chi connectivity index (χ4n) is 5.85. The molecule has 2 saturated heterocycles. The first kappa shape index (κ1) is 22.9. The first-order valence-corrected chi connectivity index (χ1v) is 13.0. The minimum Gasteiger partial charge on any atom is -0.306 e. The molecule has 34 heavy (non-hydrogen) atoms. The molecule has 176 valence electrons. The monoisotopic (exact) mass is 475 g/mol. The van der Waals surface area contributed by atoms with Crippen molar-refractivity contribution < 1.29 is 14.4 Å². The molecular weight excluding hydrogens is 446 g/mol. The zero-order valence-electron chi connectivity index (χ0n) is 19.5. The van der Waals surface area contributed by atoms with Crippen LogP contribution in [0, 0.1) is 11.8 Å². The fraction of sp³-hybridized carbons (Fsp3) is 0.370. The number of likely N-dealkylation sites (tertiary alicyclic amines) is 1. The maximum Gasteiger partial charge on any atom is 0.253 e. The van der Waals surface area contributed by atoms with Crippen molar-refractivity contribution in [2.75, 3.05) is 23.5 Å². The van der Waals surface area contributed by atoms with Gasteiger partial charge in [-0.2, -0.15) is 11.8 Å². The van der Waals surface area contributed by atoms with Gasteiger partial charge >= 0.3 is 0 Å². The Morgan fingerprint density at radius 1 is 1.03 bits per heavy atom. The summed E-state index contributed by atoms with van der Waals surface area (Å²) < 4.78 is 0. The number of anilines is 1. The fourth-order valence-corrected chi connectivity index (χ4v) is 6.34. The lowest BCUT2D eigenvalue weighted by atomic mass is 9.76. The van der Waals surface area contributed by atoms with Crippen molar-refractivity contribution >= 4 is 35.2 Å². The summed E-state index contributed by atoms with van der Waals surface area (Å²) in [5, 5.41) is 3.56. The third-order valence-corrected chi connectivity index (χ3v) is 7.85. The van der Waals surface area contributed by atoms with Gasteiger partial charge in [0.05, 0.1) is 18.4 Å². The number of rotatable bonds is 7. The van der Waals surface area contributed by atoms with Crippen molar-refractivity contribution in [2.45, 2.75) is 31.5 Å². The largest absolute Gasteiger partial charge is 0.306 e. The Balaban J connectivity index is 1.61. The molecule has 0 saturated carbocycles. The van der Waals surface area contributed by atoms with E-state index in [1.807, 2.05) is 67.8 Å². The van der Waals surface area contributed by atoms with Crippen LogP contribution in [0.1, 0.15) is 24.5 Å². The van der Waals surface area contributed by atoms with E-state index in [-0.39, 0.29) is 30.3 Å². The van der Waals surface area contributed by atoms with Crippen LogP contribution in [0.3, 0.4) is 0 Å². The standard InChI is InChI=1S/C27H29N3O3S/c1-17(2)15-29-21-12-8-7-11-19(21)27(26(29)33)23-22(20(28-27)13-14-34-3)24(31)30(25(23)32)16-18-9-5-4-6-10-18/h4-12,20,22-23,28H,1,13-16H2,2-3H3/t20-,22+,23+,27+/m0/s1. The van der Waals surface area contributed by atoms with Gasteiger partial charge < -0.3 is 4.90 Å². The summed E-state index contributed by atoms with van der Waals surface area (Å²) in [4.78, 5) is 44.9. The maximum absolute atomic E-state index is 14.1. The molecule has 0 aliphatic carbocycles. The Kier molecular flexibility index (Phi) is 5.86. The van der Waals surface area contributed by atoms with Crippen LogP contribution in [0.2, 0.25) is 0 Å². The highest BCUT2D eigenvalue weighted by Crippen LogP contribution is 2.55. The number of nitrogens with zero attached hydrogens (tertiary/aromatic N) is 2. The maximum atomic E-state index is 14.1. The number of carbonyl (C=O) groups excluding carboxylic acids is 3. The molecule has 2 aromatic carbocycles. The SMILES string of the molecule is C=C(C)CN1C(=O)[C@@]2(N[C@@H](CCSC)[C@H]3C(=O)N(Cc4ccccc4)C(=O)[C@@H]32)c2ccccc21. The molecule has 0 bridgehead atoms. The molecule has 3 aliphatic rings. The first-order valence-electron chi connectivity index (χ1n) is 11.6. The van der Waals surface area contributed by atoms with Crippen LogP contribution in [0.25, 0.3) is 0 Å². The molecule has 7 heteroatoms. The number of carbonyl (C=O) groups is 3. The van der Waals surface area contributed by atoms with Crippen molar-refractivity contribution in [3.63, 3.8) is 0 Å². The van der Waals surface area contributed by atoms with Crippen molar-refractivity contribution in [3.8, 4) is 0 Å². The number of nitrogens with one attached hydrogen (secondary N) is 1. The molecule has 3 heterocycles. The van der Waals surface area contributed by atoms with E-state index in [1.54, 1.807) is 16.7 Å². The Bertz CT molecular complexity index is 1170. The van der Waals surface area contributed by atoms with Gasteiger partial charge in [0.15, 0.2) is 0 Å². The summed E-state index contributed by atoms with van der Waals surface area (Å²) >= 11 is 1.70. The smallest absolute Gasteiger partial charge is 0.253 e. The van der Waals surface area contributed by atoms with Gasteiger partial charge in [-0.05, 0) is 37.0 Å². The number of imide groups is 1. The molecule has 1 spiro atoms. The van der Waals surface area contributed by atoms with E-state index in [0.29, 0.717) is 13.0 Å². The number of benzene rings is 2. The summed E-state index contributed by atoms with van der Waals surface area (Å²) in [6, 6.07) is 16.9. The average molecular weight is 476 g/mol. The molecular formula is C27H29N3O3S. The van der Waals surface area contributed by atoms with Crippen LogP contribution < -0.4 is 10.2 Å². The summed E-state index contributed by atoms with van der Waals surface area (Å²) in [7, 11) is 0. The quantitative estimate of drug-likeness (QED) is 0.491. The van der Waals surface area contributed by atoms with Crippen LogP contribution >= 0.6 is 11.8 Å². The van der Waals surface area contributed by atoms with Crippen LogP contribution in [-0.2, 0) is 26.5 Å². The van der Waals surface area contributed by atoms with E-state index in [9.17, 15) is 14.4 Å². The number of amides is 3. The second kappa shape index (κ2) is 8.71. The van der Waals surface area contributed by atoms with Gasteiger partial charge in [0, 0.05) is 23.8 Å². The van der Waals surface area contributed by atoms with Crippen LogP contribution in [0.4, 0.5) is 5.69 Å². The molecule has 5 rings (SSSR count). The van der Waals surface area contributed by atoms with Gasteiger partial charge in [-0.3, -0.25) is 24.6 Å². The predicted molar refractivity (Wildman–Crippen MR) is 134 cm³/mol. The van der Waals surface area contributed by atoms with Crippen molar-refractivity contribution in [3.05, 3.63) is 77.9 Å². The lowest BCUT2D eigenvalue weighted by Gasteiger charge is -2.30. The summed E-state index contributed by atoms with van der Waals surface area (Å²) in [6.07, 6.45) is 2.73. The van der Waals surface area contributed by atoms with Crippen LogP contribution in [-0.4, -0.2) is 47.2 Å². The summed E-state index contributed by atoms with van der Waals surface area (Å²) in [5.74, 6) is -1.11. The van der Waals surface area contributed by atoms with Crippen molar-refractivity contribution in [1.82, 2.24) is 10.2 Å². The highest BCUT2D eigenvalue weighted by Gasteiger charge is 2.71. The van der Waals surface area contributed by atoms with Gasteiger partial charge in [-0.15, -0.1) is 0 Å². The van der Waals surface area contributed by atoms with Crippen molar-refractivity contribution in [2.24, 2.45) is 11.8 Å². The Hall–Kier alpha value is -2.90. The van der Waals surface area contributed by atoms with Gasteiger partial charge in [-0.1, -0.05) is 60.7 Å². The van der Waals surface area contributed by atoms with Gasteiger partial charge in [0.25, 0.3) is 5.91 Å². The van der Waals surface area contributed by atoms with E-state index in [0.717, 1.165) is 28.1 Å². The number of hydrogen-bond acceptors (Lipinski definition) is 5. The third kappa shape index (κ3) is 3.33. The van der Waals surface area contributed by atoms with Gasteiger partial charge in [0.2, 0.25) is 11.8 Å². The summed E-state index contributed by atoms with van der Waals surface area (Å²) in [6.45, 7) is 6.49. The van der Waals surface area contributed by atoms with E-state index >= 15 is 0 Å². The molecule has 0 unspecified atom stereocenters. The van der Waals surface area contributed by atoms with Crippen molar-refractivity contribution in [1.29, 1.82) is 0 Å². The average Bonchev–Trinajstić information content (AvgIpc) is 3.39. The topological polar surface area (TPSA) is 69.7 Å². The molecule has 1 N–H and O–H groups in total. The minimum absolute atomic E-state index is 0.166. The zero-order chi connectivity index (χ0) is 24.0. The number of fused-ring (bicyclic) bond motifs is 4. The first-order chi connectivity index (χ1) is 16.4. The van der Waals surface area contributed by atoms with E-state index in [4.69, 9.17) is 0 Å². The zero-order valence-corrected chi connectivity index (χ0v) is 20.3. The third-order valence-electron chi connectivity index (χ3n) is 7.20. The highest BCUT2D eigenvalue weighted by molar-refractivity contribution is 7.98. The number of hydrogen-bond donors (Lipinski definition) is 1. The Morgan fingerprint density at radius 2 is 1.74 bits per heavy atom.